The topological polar surface area (TPSA) is 43.3 Å². The largest absolute Gasteiger partial charge is 0.399 e. The van der Waals surface area contributed by atoms with Crippen molar-refractivity contribution >= 4 is 32.2 Å². The van der Waals surface area contributed by atoms with Crippen molar-refractivity contribution in [2.24, 2.45) is 0 Å². The zero-order chi connectivity index (χ0) is 12.8. The summed E-state index contributed by atoms with van der Waals surface area (Å²) in [6, 6.07) is 16.2. The molecule has 3 nitrogen and oxygen atoms in total. The fourth-order valence-electron chi connectivity index (χ4n) is 2.26. The molecule has 19 heavy (non-hydrogen) atoms. The Morgan fingerprint density at radius 2 is 1.89 bits per heavy atom. The van der Waals surface area contributed by atoms with E-state index in [4.69, 9.17) is 10.7 Å². The van der Waals surface area contributed by atoms with E-state index in [-0.39, 0.29) is 0 Å². The van der Waals surface area contributed by atoms with E-state index in [9.17, 15) is 0 Å². The molecule has 4 aromatic rings. The summed E-state index contributed by atoms with van der Waals surface area (Å²) < 4.78 is 3.31. The minimum Gasteiger partial charge on any atom is -0.399 e. The molecule has 0 atom stereocenters. The highest BCUT2D eigenvalue weighted by Crippen LogP contribution is 2.30. The molecule has 0 amide bonds. The average Bonchev–Trinajstić information content (AvgIpc) is 2.98. The maximum atomic E-state index is 5.86. The molecule has 0 spiro atoms. The van der Waals surface area contributed by atoms with Gasteiger partial charge in [-0.05, 0) is 18.2 Å². The molecule has 0 saturated heterocycles. The minimum absolute atomic E-state index is 0.780. The number of rotatable bonds is 1. The predicted octanol–water partition coefficient (Wildman–Crippen LogP) is 3.80. The van der Waals surface area contributed by atoms with Crippen LogP contribution in [0.5, 0.6) is 0 Å². The third-order valence-electron chi connectivity index (χ3n) is 3.19. The van der Waals surface area contributed by atoms with E-state index in [0.717, 1.165) is 27.4 Å². The van der Waals surface area contributed by atoms with Crippen LogP contribution >= 0.6 is 11.3 Å². The van der Waals surface area contributed by atoms with Gasteiger partial charge in [0.05, 0.1) is 15.9 Å². The van der Waals surface area contributed by atoms with Crippen molar-refractivity contribution in [2.45, 2.75) is 0 Å². The quantitative estimate of drug-likeness (QED) is 0.532. The van der Waals surface area contributed by atoms with Crippen molar-refractivity contribution in [2.75, 3.05) is 5.73 Å². The molecule has 4 rings (SSSR count). The van der Waals surface area contributed by atoms with Crippen LogP contribution in [-0.2, 0) is 0 Å². The highest BCUT2D eigenvalue weighted by molar-refractivity contribution is 7.23. The normalized spacial score (nSPS) is 11.4. The van der Waals surface area contributed by atoms with Crippen LogP contribution in [0.15, 0.2) is 54.7 Å². The van der Waals surface area contributed by atoms with E-state index in [1.807, 2.05) is 36.4 Å². The number of aromatic nitrogens is 2. The first-order valence-corrected chi connectivity index (χ1v) is 6.85. The molecule has 0 bridgehead atoms. The number of nitrogens with two attached hydrogens (primary N) is 1. The highest BCUT2D eigenvalue weighted by Gasteiger charge is 2.09. The Morgan fingerprint density at radius 1 is 1.05 bits per heavy atom. The Labute approximate surface area is 113 Å². The molecule has 2 N–H and O–H groups in total. The Hall–Kier alpha value is -2.33. The van der Waals surface area contributed by atoms with Gasteiger partial charge in [0.1, 0.15) is 0 Å². The van der Waals surface area contributed by atoms with Crippen LogP contribution in [0, 0.1) is 0 Å². The highest BCUT2D eigenvalue weighted by atomic mass is 32.1. The van der Waals surface area contributed by atoms with Gasteiger partial charge in [-0.15, -0.1) is 0 Å². The first-order valence-electron chi connectivity index (χ1n) is 6.04. The minimum atomic E-state index is 0.780. The lowest BCUT2D eigenvalue weighted by Crippen LogP contribution is -1.84. The van der Waals surface area contributed by atoms with Gasteiger partial charge < -0.3 is 5.73 Å². The molecule has 0 aliphatic rings. The average molecular weight is 265 g/mol. The van der Waals surface area contributed by atoms with Gasteiger partial charge in [0.25, 0.3) is 0 Å². The third kappa shape index (κ3) is 1.61. The van der Waals surface area contributed by atoms with Gasteiger partial charge in [0, 0.05) is 17.4 Å². The van der Waals surface area contributed by atoms with Gasteiger partial charge >= 0.3 is 0 Å². The second kappa shape index (κ2) is 3.83. The van der Waals surface area contributed by atoms with Gasteiger partial charge in [-0.1, -0.05) is 41.7 Å². The molecule has 0 fully saturated rings. The molecular formula is C15H11N3S. The molecule has 2 heterocycles. The zero-order valence-corrected chi connectivity index (χ0v) is 10.9. The number of fused-ring (bicyclic) bond motifs is 3. The van der Waals surface area contributed by atoms with Crippen molar-refractivity contribution in [3.05, 3.63) is 54.7 Å². The summed E-state index contributed by atoms with van der Waals surface area (Å²) in [7, 11) is 0. The van der Waals surface area contributed by atoms with E-state index < -0.39 is 0 Å². The maximum Gasteiger partial charge on any atom is 0.195 e. The number of benzene rings is 2. The summed E-state index contributed by atoms with van der Waals surface area (Å²) >= 11 is 1.68. The van der Waals surface area contributed by atoms with Gasteiger partial charge in [-0.3, -0.25) is 4.40 Å². The van der Waals surface area contributed by atoms with E-state index >= 15 is 0 Å². The summed E-state index contributed by atoms with van der Waals surface area (Å²) in [5, 5.41) is 0. The van der Waals surface area contributed by atoms with E-state index in [0.29, 0.717) is 0 Å². The van der Waals surface area contributed by atoms with Crippen molar-refractivity contribution in [1.82, 2.24) is 9.38 Å². The predicted molar refractivity (Wildman–Crippen MR) is 80.4 cm³/mol. The molecule has 0 saturated carbocycles. The summed E-state index contributed by atoms with van der Waals surface area (Å²) in [4.78, 5) is 5.69. The molecule has 0 radical (unpaired) electrons. The monoisotopic (exact) mass is 265 g/mol. The van der Waals surface area contributed by atoms with E-state index in [1.54, 1.807) is 11.3 Å². The second-order valence-electron chi connectivity index (χ2n) is 4.47. The first kappa shape index (κ1) is 10.6. The Kier molecular flexibility index (Phi) is 2.13. The molecule has 2 aromatic carbocycles. The molecule has 92 valence electrons. The number of anilines is 1. The van der Waals surface area contributed by atoms with Crippen LogP contribution in [0.1, 0.15) is 0 Å². The lowest BCUT2D eigenvalue weighted by Gasteiger charge is -1.95. The van der Waals surface area contributed by atoms with Crippen LogP contribution in [0.4, 0.5) is 5.69 Å². The van der Waals surface area contributed by atoms with Gasteiger partial charge in [-0.25, -0.2) is 4.98 Å². The van der Waals surface area contributed by atoms with E-state index in [2.05, 4.69) is 22.7 Å². The van der Waals surface area contributed by atoms with Crippen LogP contribution in [0.3, 0.4) is 0 Å². The molecular weight excluding hydrogens is 254 g/mol. The van der Waals surface area contributed by atoms with Gasteiger partial charge in [0.15, 0.2) is 4.96 Å². The first-order chi connectivity index (χ1) is 9.31. The molecule has 0 aliphatic heterocycles. The van der Waals surface area contributed by atoms with Crippen LogP contribution in [-0.4, -0.2) is 9.38 Å². The fourth-order valence-corrected chi connectivity index (χ4v) is 3.25. The maximum absolute atomic E-state index is 5.86. The Bertz CT molecular complexity index is 874. The third-order valence-corrected chi connectivity index (χ3v) is 4.22. The number of hydrogen-bond acceptors (Lipinski definition) is 3. The summed E-state index contributed by atoms with van der Waals surface area (Å²) in [6.45, 7) is 0. The number of thiazole rings is 1. The Morgan fingerprint density at radius 3 is 2.74 bits per heavy atom. The molecule has 0 aliphatic carbocycles. The summed E-state index contributed by atoms with van der Waals surface area (Å²) in [6.07, 6.45) is 2.07. The zero-order valence-electron chi connectivity index (χ0n) is 10.1. The van der Waals surface area contributed by atoms with Crippen molar-refractivity contribution < 1.29 is 0 Å². The van der Waals surface area contributed by atoms with Crippen molar-refractivity contribution in [3.8, 4) is 11.3 Å². The number of hydrogen-bond donors (Lipinski definition) is 1. The summed E-state index contributed by atoms with van der Waals surface area (Å²) in [5.41, 5.74) is 9.89. The molecule has 0 unspecified atom stereocenters. The smallest absolute Gasteiger partial charge is 0.195 e. The van der Waals surface area contributed by atoms with Crippen LogP contribution < -0.4 is 5.73 Å². The second-order valence-corrected chi connectivity index (χ2v) is 5.48. The van der Waals surface area contributed by atoms with Crippen molar-refractivity contribution in [1.29, 1.82) is 0 Å². The summed E-state index contributed by atoms with van der Waals surface area (Å²) in [5.74, 6) is 0. The Balaban J connectivity index is 2.00. The lowest BCUT2D eigenvalue weighted by molar-refractivity contribution is 1.30. The van der Waals surface area contributed by atoms with Gasteiger partial charge in [0.2, 0.25) is 0 Å². The fraction of sp³-hybridized carbons (Fsp3) is 0. The number of nitrogens with zero attached hydrogens (tertiary/aromatic N) is 2. The lowest BCUT2D eigenvalue weighted by atomic mass is 10.2. The van der Waals surface area contributed by atoms with Crippen LogP contribution in [0.25, 0.3) is 26.4 Å². The van der Waals surface area contributed by atoms with Crippen molar-refractivity contribution in [3.63, 3.8) is 0 Å². The van der Waals surface area contributed by atoms with E-state index in [1.165, 1.54) is 4.70 Å². The number of imidazole rings is 1. The molecule has 4 heteroatoms. The van der Waals surface area contributed by atoms with Crippen LogP contribution in [0.2, 0.25) is 0 Å². The standard InChI is InChI=1S/C15H11N3S/c16-11-6-7-14-13(8-11)18-9-12(17-15(18)19-14)10-4-2-1-3-5-10/h1-9H,16H2. The number of nitrogen functional groups attached to an aromatic ring is 1. The SMILES string of the molecule is Nc1ccc2sc3nc(-c4ccccc4)cn3c2c1. The van der Waals surface area contributed by atoms with Gasteiger partial charge in [-0.2, -0.15) is 0 Å². The molecule has 2 aromatic heterocycles.